The van der Waals surface area contributed by atoms with E-state index >= 15 is 0 Å². The summed E-state index contributed by atoms with van der Waals surface area (Å²) >= 11 is 1.42. The lowest BCUT2D eigenvalue weighted by Gasteiger charge is -2.04. The number of hydrogen-bond donors (Lipinski definition) is 1. The van der Waals surface area contributed by atoms with Crippen molar-refractivity contribution >= 4 is 17.4 Å². The highest BCUT2D eigenvalue weighted by Gasteiger charge is 2.04. The second kappa shape index (κ2) is 5.58. The Morgan fingerprint density at radius 3 is 3.00 bits per heavy atom. The molecule has 1 aromatic heterocycles. The van der Waals surface area contributed by atoms with Crippen molar-refractivity contribution in [3.8, 4) is 5.75 Å². The Kier molecular flexibility index (Phi) is 3.87. The Morgan fingerprint density at radius 1 is 1.41 bits per heavy atom. The van der Waals surface area contributed by atoms with Crippen LogP contribution >= 0.6 is 11.8 Å². The molecule has 0 saturated heterocycles. The van der Waals surface area contributed by atoms with Crippen molar-refractivity contribution in [2.24, 2.45) is 0 Å². The minimum absolute atomic E-state index is 0.486. The maximum atomic E-state index is 5.64. The normalized spacial score (nSPS) is 10.4. The van der Waals surface area contributed by atoms with Crippen molar-refractivity contribution in [2.45, 2.75) is 11.6 Å². The van der Waals surface area contributed by atoms with Crippen molar-refractivity contribution in [3.05, 3.63) is 30.2 Å². The number of hydrogen-bond acceptors (Lipinski definition) is 6. The molecule has 1 aromatic carbocycles. The SMILES string of the molecule is CSc1nnc(CCOc2cccc(N)c2)o1. The summed E-state index contributed by atoms with van der Waals surface area (Å²) in [5.74, 6) is 1.33. The van der Waals surface area contributed by atoms with Crippen LogP contribution in [0, 0.1) is 0 Å². The predicted octanol–water partition coefficient (Wildman–Crippen LogP) is 2.00. The van der Waals surface area contributed by atoms with E-state index in [-0.39, 0.29) is 0 Å². The summed E-state index contributed by atoms with van der Waals surface area (Å²) in [5.41, 5.74) is 6.32. The minimum Gasteiger partial charge on any atom is -0.493 e. The Morgan fingerprint density at radius 2 is 2.29 bits per heavy atom. The number of nitrogens with two attached hydrogens (primary N) is 1. The van der Waals surface area contributed by atoms with E-state index in [0.29, 0.717) is 29.8 Å². The summed E-state index contributed by atoms with van der Waals surface area (Å²) in [6.45, 7) is 0.486. The highest BCUT2D eigenvalue weighted by Crippen LogP contribution is 2.15. The van der Waals surface area contributed by atoms with Gasteiger partial charge in [-0.2, -0.15) is 0 Å². The number of nitrogen functional groups attached to an aromatic ring is 1. The van der Waals surface area contributed by atoms with Gasteiger partial charge in [-0.1, -0.05) is 17.8 Å². The van der Waals surface area contributed by atoms with E-state index in [1.807, 2.05) is 24.5 Å². The monoisotopic (exact) mass is 251 g/mol. The second-order valence-electron chi connectivity index (χ2n) is 3.34. The van der Waals surface area contributed by atoms with Crippen LogP contribution in [-0.4, -0.2) is 23.1 Å². The number of anilines is 1. The first-order chi connectivity index (χ1) is 8.28. The zero-order valence-electron chi connectivity index (χ0n) is 9.42. The second-order valence-corrected chi connectivity index (χ2v) is 4.09. The zero-order valence-corrected chi connectivity index (χ0v) is 10.2. The van der Waals surface area contributed by atoms with Crippen molar-refractivity contribution in [3.63, 3.8) is 0 Å². The van der Waals surface area contributed by atoms with Crippen LogP contribution < -0.4 is 10.5 Å². The Labute approximate surface area is 103 Å². The third-order valence-electron chi connectivity index (χ3n) is 2.07. The molecule has 0 unspecified atom stereocenters. The van der Waals surface area contributed by atoms with Gasteiger partial charge in [0.15, 0.2) is 0 Å². The van der Waals surface area contributed by atoms with Gasteiger partial charge in [0.1, 0.15) is 5.75 Å². The van der Waals surface area contributed by atoms with Gasteiger partial charge in [0.05, 0.1) is 13.0 Å². The van der Waals surface area contributed by atoms with Gasteiger partial charge < -0.3 is 14.9 Å². The van der Waals surface area contributed by atoms with Gasteiger partial charge in [0, 0.05) is 11.8 Å². The van der Waals surface area contributed by atoms with Crippen molar-refractivity contribution in [1.82, 2.24) is 10.2 Å². The molecule has 0 atom stereocenters. The Bertz CT molecular complexity index is 487. The molecule has 2 N–H and O–H groups in total. The van der Waals surface area contributed by atoms with Crippen molar-refractivity contribution in [1.29, 1.82) is 0 Å². The molecule has 2 rings (SSSR count). The first-order valence-corrected chi connectivity index (χ1v) is 6.35. The third-order valence-corrected chi connectivity index (χ3v) is 2.58. The van der Waals surface area contributed by atoms with Gasteiger partial charge in [-0.25, -0.2) is 0 Å². The maximum absolute atomic E-state index is 5.64. The summed E-state index contributed by atoms with van der Waals surface area (Å²) in [5, 5.41) is 8.31. The summed E-state index contributed by atoms with van der Waals surface area (Å²) in [6, 6.07) is 7.30. The standard InChI is InChI=1S/C11H13N3O2S/c1-17-11-14-13-10(16-11)5-6-15-9-4-2-3-8(12)7-9/h2-4,7H,5-6,12H2,1H3. The molecule has 6 heteroatoms. The Balaban J connectivity index is 1.83. The van der Waals surface area contributed by atoms with E-state index in [0.717, 1.165) is 5.75 Å². The molecule has 0 radical (unpaired) electrons. The Hall–Kier alpha value is -1.69. The molecule has 0 aliphatic heterocycles. The number of ether oxygens (including phenoxy) is 1. The van der Waals surface area contributed by atoms with E-state index in [1.54, 1.807) is 6.07 Å². The average molecular weight is 251 g/mol. The predicted molar refractivity (Wildman–Crippen MR) is 66.1 cm³/mol. The third kappa shape index (κ3) is 3.39. The molecule has 0 aliphatic carbocycles. The van der Waals surface area contributed by atoms with Gasteiger partial charge in [0.25, 0.3) is 5.22 Å². The summed E-state index contributed by atoms with van der Waals surface area (Å²) in [4.78, 5) is 0. The maximum Gasteiger partial charge on any atom is 0.276 e. The van der Waals surface area contributed by atoms with E-state index < -0.39 is 0 Å². The molecular formula is C11H13N3O2S. The minimum atomic E-state index is 0.486. The van der Waals surface area contributed by atoms with Gasteiger partial charge in [-0.15, -0.1) is 10.2 Å². The first kappa shape index (κ1) is 11.8. The summed E-state index contributed by atoms with van der Waals surface area (Å²) in [7, 11) is 0. The molecule has 0 spiro atoms. The van der Waals surface area contributed by atoms with Crippen molar-refractivity contribution < 1.29 is 9.15 Å². The van der Waals surface area contributed by atoms with Crippen LogP contribution in [0.15, 0.2) is 33.9 Å². The van der Waals surface area contributed by atoms with Crippen LogP contribution in [0.2, 0.25) is 0 Å². The van der Waals surface area contributed by atoms with Crippen LogP contribution in [0.5, 0.6) is 5.75 Å². The first-order valence-electron chi connectivity index (χ1n) is 5.12. The van der Waals surface area contributed by atoms with E-state index in [9.17, 15) is 0 Å². The highest BCUT2D eigenvalue weighted by atomic mass is 32.2. The molecule has 5 nitrogen and oxygen atoms in total. The zero-order chi connectivity index (χ0) is 12.1. The fourth-order valence-corrected chi connectivity index (χ4v) is 1.58. The summed E-state index contributed by atoms with van der Waals surface area (Å²) in [6.07, 6.45) is 2.48. The molecule has 17 heavy (non-hydrogen) atoms. The molecule has 0 bridgehead atoms. The van der Waals surface area contributed by atoms with Crippen LogP contribution in [0.4, 0.5) is 5.69 Å². The number of thioether (sulfide) groups is 1. The van der Waals surface area contributed by atoms with Gasteiger partial charge in [-0.3, -0.25) is 0 Å². The highest BCUT2D eigenvalue weighted by molar-refractivity contribution is 7.98. The van der Waals surface area contributed by atoms with Gasteiger partial charge in [0.2, 0.25) is 5.89 Å². The molecule has 2 aromatic rings. The summed E-state index contributed by atoms with van der Waals surface area (Å²) < 4.78 is 10.8. The average Bonchev–Trinajstić information content (AvgIpc) is 2.77. The fraction of sp³-hybridized carbons (Fsp3) is 0.273. The van der Waals surface area contributed by atoms with Crippen LogP contribution in [-0.2, 0) is 6.42 Å². The smallest absolute Gasteiger partial charge is 0.276 e. The number of nitrogens with zero attached hydrogens (tertiary/aromatic N) is 2. The largest absolute Gasteiger partial charge is 0.493 e. The molecule has 90 valence electrons. The van der Waals surface area contributed by atoms with E-state index in [2.05, 4.69) is 10.2 Å². The van der Waals surface area contributed by atoms with Crippen LogP contribution in [0.1, 0.15) is 5.89 Å². The topological polar surface area (TPSA) is 74.2 Å². The van der Waals surface area contributed by atoms with E-state index in [4.69, 9.17) is 14.9 Å². The lowest BCUT2D eigenvalue weighted by atomic mass is 10.3. The molecule has 1 heterocycles. The quantitative estimate of drug-likeness (QED) is 0.647. The van der Waals surface area contributed by atoms with Crippen LogP contribution in [0.25, 0.3) is 0 Å². The molecule has 0 saturated carbocycles. The van der Waals surface area contributed by atoms with Crippen LogP contribution in [0.3, 0.4) is 0 Å². The molecule has 0 amide bonds. The van der Waals surface area contributed by atoms with Gasteiger partial charge in [-0.05, 0) is 18.4 Å². The lowest BCUT2D eigenvalue weighted by Crippen LogP contribution is -2.01. The van der Waals surface area contributed by atoms with Gasteiger partial charge >= 0.3 is 0 Å². The number of benzene rings is 1. The lowest BCUT2D eigenvalue weighted by molar-refractivity contribution is 0.299. The van der Waals surface area contributed by atoms with E-state index in [1.165, 1.54) is 11.8 Å². The van der Waals surface area contributed by atoms with Crippen molar-refractivity contribution in [2.75, 3.05) is 18.6 Å². The molecular weight excluding hydrogens is 238 g/mol. The number of rotatable bonds is 5. The molecule has 0 fully saturated rings. The fourth-order valence-electron chi connectivity index (χ4n) is 1.28. The molecule has 0 aliphatic rings. The number of aromatic nitrogens is 2.